The third-order valence-corrected chi connectivity index (χ3v) is 5.16. The van der Waals surface area contributed by atoms with Crippen LogP contribution in [0.5, 0.6) is 0 Å². The third-order valence-electron chi connectivity index (χ3n) is 4.00. The minimum atomic E-state index is -3.50. The number of benzene rings is 2. The Morgan fingerprint density at radius 1 is 0.962 bits per heavy atom. The molecular weight excluding hydrogens is 356 g/mol. The highest BCUT2D eigenvalue weighted by atomic mass is 32.2. The van der Waals surface area contributed by atoms with E-state index in [-0.39, 0.29) is 23.5 Å². The molecule has 3 amide bonds. The van der Waals surface area contributed by atoms with Crippen LogP contribution in [0, 0.1) is 0 Å². The molecule has 3 rings (SSSR count). The fourth-order valence-electron chi connectivity index (χ4n) is 2.76. The van der Waals surface area contributed by atoms with E-state index in [1.54, 1.807) is 36.4 Å². The van der Waals surface area contributed by atoms with Crippen LogP contribution in [0.1, 0.15) is 27.1 Å². The van der Waals surface area contributed by atoms with Gasteiger partial charge in [0.1, 0.15) is 0 Å². The van der Waals surface area contributed by atoms with Crippen molar-refractivity contribution in [1.29, 1.82) is 0 Å². The van der Waals surface area contributed by atoms with Crippen molar-refractivity contribution in [2.75, 3.05) is 18.1 Å². The lowest BCUT2D eigenvalue weighted by Crippen LogP contribution is -2.33. The smallest absolute Gasteiger partial charge is 0.261 e. The summed E-state index contributed by atoms with van der Waals surface area (Å²) in [5.74, 6) is -1.36. The number of hydrogen-bond acceptors (Lipinski definition) is 5. The summed E-state index contributed by atoms with van der Waals surface area (Å²) in [7, 11) is -3.50. The predicted octanol–water partition coefficient (Wildman–Crippen LogP) is 1.71. The molecule has 2 aromatic carbocycles. The van der Waals surface area contributed by atoms with Crippen molar-refractivity contribution in [3.05, 3.63) is 59.7 Å². The summed E-state index contributed by atoms with van der Waals surface area (Å²) in [6, 6.07) is 12.5. The van der Waals surface area contributed by atoms with Gasteiger partial charge in [-0.1, -0.05) is 24.3 Å². The number of para-hydroxylation sites is 1. The molecule has 0 atom stereocenters. The van der Waals surface area contributed by atoms with Crippen molar-refractivity contribution < 1.29 is 22.8 Å². The molecule has 7 nitrogen and oxygen atoms in total. The van der Waals surface area contributed by atoms with Crippen LogP contribution >= 0.6 is 0 Å². The molecule has 8 heteroatoms. The molecule has 0 aromatic heterocycles. The monoisotopic (exact) mass is 372 g/mol. The summed E-state index contributed by atoms with van der Waals surface area (Å²) in [6.45, 7) is -0.0841. The predicted molar refractivity (Wildman–Crippen MR) is 94.6 cm³/mol. The van der Waals surface area contributed by atoms with Crippen molar-refractivity contribution in [2.24, 2.45) is 0 Å². The van der Waals surface area contributed by atoms with Crippen molar-refractivity contribution >= 4 is 33.2 Å². The number of hydrogen-bond donors (Lipinski definition) is 1. The first kappa shape index (κ1) is 17.8. The van der Waals surface area contributed by atoms with Crippen molar-refractivity contribution in [3.8, 4) is 0 Å². The molecule has 0 fully saturated rings. The Kier molecular flexibility index (Phi) is 4.60. The standard InChI is InChI=1S/C18H16N2O5S/c1-26(24,25)15-9-5-4-8-14(15)19-16(21)10-11-20-17(22)12-6-2-3-7-13(12)18(20)23/h2-9H,10-11H2,1H3,(H,19,21). The van der Waals surface area contributed by atoms with E-state index in [0.29, 0.717) is 11.1 Å². The van der Waals surface area contributed by atoms with Crippen LogP contribution in [0.25, 0.3) is 0 Å². The topological polar surface area (TPSA) is 101 Å². The lowest BCUT2D eigenvalue weighted by molar-refractivity contribution is -0.116. The van der Waals surface area contributed by atoms with E-state index in [0.717, 1.165) is 11.2 Å². The van der Waals surface area contributed by atoms with Crippen LogP contribution in [0.4, 0.5) is 5.69 Å². The van der Waals surface area contributed by atoms with Gasteiger partial charge in [0.15, 0.2) is 9.84 Å². The number of nitrogens with one attached hydrogen (secondary N) is 1. The van der Waals surface area contributed by atoms with Gasteiger partial charge in [0.25, 0.3) is 11.8 Å². The summed E-state index contributed by atoms with van der Waals surface area (Å²) in [5.41, 5.74) is 0.808. The molecule has 0 saturated heterocycles. The molecule has 26 heavy (non-hydrogen) atoms. The highest BCUT2D eigenvalue weighted by molar-refractivity contribution is 7.90. The zero-order chi connectivity index (χ0) is 18.9. The zero-order valence-corrected chi connectivity index (χ0v) is 14.7. The number of carbonyl (C=O) groups is 3. The second-order valence-corrected chi connectivity index (χ2v) is 7.86. The van der Waals surface area contributed by atoms with E-state index in [2.05, 4.69) is 5.32 Å². The summed E-state index contributed by atoms with van der Waals surface area (Å²) in [6.07, 6.45) is 0.917. The number of imide groups is 1. The quantitative estimate of drug-likeness (QED) is 0.806. The van der Waals surface area contributed by atoms with Crippen LogP contribution in [-0.4, -0.2) is 43.8 Å². The maximum Gasteiger partial charge on any atom is 0.261 e. The van der Waals surface area contributed by atoms with Crippen molar-refractivity contribution in [2.45, 2.75) is 11.3 Å². The number of anilines is 1. The lowest BCUT2D eigenvalue weighted by Gasteiger charge is -2.14. The van der Waals surface area contributed by atoms with Gasteiger partial charge in [0.2, 0.25) is 5.91 Å². The van der Waals surface area contributed by atoms with Gasteiger partial charge in [-0.25, -0.2) is 8.42 Å². The summed E-state index contributed by atoms with van der Waals surface area (Å²) in [5, 5.41) is 2.52. The van der Waals surface area contributed by atoms with Gasteiger partial charge in [-0.2, -0.15) is 0 Å². The molecule has 134 valence electrons. The first-order valence-corrected chi connectivity index (χ1v) is 9.72. The minimum absolute atomic E-state index is 0.00841. The average Bonchev–Trinajstić information content (AvgIpc) is 2.84. The first-order chi connectivity index (χ1) is 12.3. The summed E-state index contributed by atoms with van der Waals surface area (Å²) in [4.78, 5) is 37.7. The SMILES string of the molecule is CS(=O)(=O)c1ccccc1NC(=O)CCN1C(=O)c2ccccc2C1=O. The number of nitrogens with zero attached hydrogens (tertiary/aromatic N) is 1. The van der Waals surface area contributed by atoms with Gasteiger partial charge < -0.3 is 5.32 Å². The average molecular weight is 372 g/mol. The molecule has 0 aliphatic carbocycles. The Labute approximate surface area is 150 Å². The minimum Gasteiger partial charge on any atom is -0.325 e. The number of amides is 3. The highest BCUT2D eigenvalue weighted by Gasteiger charge is 2.35. The number of sulfone groups is 1. The van der Waals surface area contributed by atoms with E-state index in [1.807, 2.05) is 0 Å². The lowest BCUT2D eigenvalue weighted by atomic mass is 10.1. The second kappa shape index (κ2) is 6.72. The van der Waals surface area contributed by atoms with Crippen LogP contribution < -0.4 is 5.32 Å². The van der Waals surface area contributed by atoms with E-state index < -0.39 is 27.6 Å². The molecule has 1 aliphatic rings. The molecular formula is C18H16N2O5S. The number of carbonyl (C=O) groups excluding carboxylic acids is 3. The van der Waals surface area contributed by atoms with E-state index in [1.165, 1.54) is 12.1 Å². The van der Waals surface area contributed by atoms with Crippen LogP contribution in [0.3, 0.4) is 0 Å². The van der Waals surface area contributed by atoms with Gasteiger partial charge >= 0.3 is 0 Å². The van der Waals surface area contributed by atoms with Crippen molar-refractivity contribution in [1.82, 2.24) is 4.90 Å². The summed E-state index contributed by atoms with van der Waals surface area (Å²) >= 11 is 0. The fraction of sp³-hybridized carbons (Fsp3) is 0.167. The Morgan fingerprint density at radius 2 is 1.50 bits per heavy atom. The molecule has 0 bridgehead atoms. The normalized spacial score (nSPS) is 13.7. The van der Waals surface area contributed by atoms with Gasteiger partial charge in [-0.15, -0.1) is 0 Å². The Morgan fingerprint density at radius 3 is 2.08 bits per heavy atom. The second-order valence-electron chi connectivity index (χ2n) is 5.87. The maximum absolute atomic E-state index is 12.3. The van der Waals surface area contributed by atoms with Crippen LogP contribution in [-0.2, 0) is 14.6 Å². The van der Waals surface area contributed by atoms with Crippen LogP contribution in [0.2, 0.25) is 0 Å². The van der Waals surface area contributed by atoms with Crippen LogP contribution in [0.15, 0.2) is 53.4 Å². The van der Waals surface area contributed by atoms with E-state index in [9.17, 15) is 22.8 Å². The molecule has 2 aromatic rings. The summed E-state index contributed by atoms with van der Waals surface area (Å²) < 4.78 is 23.5. The fourth-order valence-corrected chi connectivity index (χ4v) is 3.61. The third kappa shape index (κ3) is 3.36. The molecule has 1 heterocycles. The molecule has 0 spiro atoms. The molecule has 0 unspecified atom stereocenters. The Bertz CT molecular complexity index is 979. The maximum atomic E-state index is 12.3. The molecule has 1 N–H and O–H groups in total. The van der Waals surface area contributed by atoms with Gasteiger partial charge in [-0.3, -0.25) is 19.3 Å². The van der Waals surface area contributed by atoms with Gasteiger partial charge in [-0.05, 0) is 24.3 Å². The number of rotatable bonds is 5. The molecule has 1 aliphatic heterocycles. The van der Waals surface area contributed by atoms with E-state index >= 15 is 0 Å². The molecule has 0 radical (unpaired) electrons. The van der Waals surface area contributed by atoms with E-state index in [4.69, 9.17) is 0 Å². The largest absolute Gasteiger partial charge is 0.325 e. The molecule has 0 saturated carbocycles. The Balaban J connectivity index is 1.68. The number of fused-ring (bicyclic) bond motifs is 1. The highest BCUT2D eigenvalue weighted by Crippen LogP contribution is 2.23. The first-order valence-electron chi connectivity index (χ1n) is 7.83. The zero-order valence-electron chi connectivity index (χ0n) is 13.9. The Hall–Kier alpha value is -3.00. The van der Waals surface area contributed by atoms with Crippen molar-refractivity contribution in [3.63, 3.8) is 0 Å². The van der Waals surface area contributed by atoms with Gasteiger partial charge in [0, 0.05) is 19.2 Å². The van der Waals surface area contributed by atoms with Gasteiger partial charge in [0.05, 0.1) is 21.7 Å².